The molecule has 0 aromatic heterocycles. The number of likely N-dealkylation sites (N-methyl/N-ethyl adjacent to an activating group) is 1. The van der Waals surface area contributed by atoms with Crippen LogP contribution in [0.5, 0.6) is 0 Å². The van der Waals surface area contributed by atoms with E-state index < -0.39 is 0 Å². The number of hydrogen-bond acceptors (Lipinski definition) is 3. The lowest BCUT2D eigenvalue weighted by Crippen LogP contribution is -2.35. The first kappa shape index (κ1) is 13.3. The van der Waals surface area contributed by atoms with Crippen LogP contribution in [0.3, 0.4) is 0 Å². The third-order valence-electron chi connectivity index (χ3n) is 4.33. The molecule has 0 bridgehead atoms. The van der Waals surface area contributed by atoms with Crippen molar-refractivity contribution in [1.29, 1.82) is 0 Å². The van der Waals surface area contributed by atoms with Crippen LogP contribution in [0.4, 0.5) is 0 Å². The molecule has 2 saturated heterocycles. The molecule has 1 N–H and O–H groups in total. The van der Waals surface area contributed by atoms with Gasteiger partial charge in [-0.05, 0) is 52.2 Å². The van der Waals surface area contributed by atoms with Crippen LogP contribution in [0.15, 0.2) is 0 Å². The number of nitrogens with zero attached hydrogens (tertiary/aromatic N) is 2. The summed E-state index contributed by atoms with van der Waals surface area (Å²) in [5, 5.41) is 3.57. The van der Waals surface area contributed by atoms with Crippen LogP contribution in [0.1, 0.15) is 33.6 Å². The Labute approximate surface area is 107 Å². The minimum atomic E-state index is 0.730. The molecule has 2 aliphatic heterocycles. The summed E-state index contributed by atoms with van der Waals surface area (Å²) in [4.78, 5) is 5.30. The fraction of sp³-hybridized carbons (Fsp3) is 1.00. The van der Waals surface area contributed by atoms with E-state index in [9.17, 15) is 0 Å². The summed E-state index contributed by atoms with van der Waals surface area (Å²) in [6.07, 6.45) is 2.75. The van der Waals surface area contributed by atoms with E-state index in [4.69, 9.17) is 0 Å². The molecular weight excluding hydrogens is 210 g/mol. The van der Waals surface area contributed by atoms with Crippen LogP contribution in [0, 0.1) is 5.92 Å². The Morgan fingerprint density at radius 3 is 2.65 bits per heavy atom. The van der Waals surface area contributed by atoms with Gasteiger partial charge in [-0.15, -0.1) is 0 Å². The van der Waals surface area contributed by atoms with Gasteiger partial charge in [0.05, 0.1) is 0 Å². The van der Waals surface area contributed by atoms with E-state index >= 15 is 0 Å². The second-order valence-electron chi connectivity index (χ2n) is 6.05. The van der Waals surface area contributed by atoms with Crippen molar-refractivity contribution in [3.05, 3.63) is 0 Å². The molecule has 2 atom stereocenters. The van der Waals surface area contributed by atoms with E-state index in [0.29, 0.717) is 0 Å². The molecule has 0 aliphatic carbocycles. The first-order valence-electron chi connectivity index (χ1n) is 7.38. The Kier molecular flexibility index (Phi) is 4.83. The van der Waals surface area contributed by atoms with Gasteiger partial charge in [-0.3, -0.25) is 0 Å². The van der Waals surface area contributed by atoms with Crippen molar-refractivity contribution in [1.82, 2.24) is 15.1 Å². The van der Waals surface area contributed by atoms with Crippen molar-refractivity contribution in [2.45, 2.75) is 45.7 Å². The number of hydrogen-bond donors (Lipinski definition) is 1. The SMILES string of the molecule is CCNC1CCN(CC2CCN(C(C)C)C2)C1. The second kappa shape index (κ2) is 6.17. The van der Waals surface area contributed by atoms with Gasteiger partial charge in [-0.1, -0.05) is 6.92 Å². The summed E-state index contributed by atoms with van der Waals surface area (Å²) in [6, 6.07) is 1.48. The Balaban J connectivity index is 1.69. The molecule has 2 fully saturated rings. The summed E-state index contributed by atoms with van der Waals surface area (Å²) in [6.45, 7) is 14.5. The van der Waals surface area contributed by atoms with E-state index in [1.807, 2.05) is 0 Å². The predicted octanol–water partition coefficient (Wildman–Crippen LogP) is 1.40. The highest BCUT2D eigenvalue weighted by molar-refractivity contribution is 4.85. The molecule has 0 saturated carbocycles. The van der Waals surface area contributed by atoms with Crippen LogP contribution in [0.2, 0.25) is 0 Å². The van der Waals surface area contributed by atoms with Crippen molar-refractivity contribution >= 4 is 0 Å². The van der Waals surface area contributed by atoms with E-state index in [1.165, 1.54) is 45.6 Å². The molecular formula is C14H29N3. The number of nitrogens with one attached hydrogen (secondary N) is 1. The van der Waals surface area contributed by atoms with E-state index in [2.05, 4.69) is 35.9 Å². The highest BCUT2D eigenvalue weighted by Crippen LogP contribution is 2.21. The van der Waals surface area contributed by atoms with Gasteiger partial charge in [0.1, 0.15) is 0 Å². The van der Waals surface area contributed by atoms with Crippen LogP contribution >= 0.6 is 0 Å². The Bertz CT molecular complexity index is 230. The first-order valence-corrected chi connectivity index (χ1v) is 7.38. The van der Waals surface area contributed by atoms with E-state index in [1.54, 1.807) is 0 Å². The Morgan fingerprint density at radius 1 is 1.18 bits per heavy atom. The van der Waals surface area contributed by atoms with Crippen molar-refractivity contribution in [3.8, 4) is 0 Å². The quantitative estimate of drug-likeness (QED) is 0.782. The van der Waals surface area contributed by atoms with Crippen LogP contribution < -0.4 is 5.32 Å². The largest absolute Gasteiger partial charge is 0.313 e. The van der Waals surface area contributed by atoms with Gasteiger partial charge < -0.3 is 15.1 Å². The van der Waals surface area contributed by atoms with Gasteiger partial charge in [-0.2, -0.15) is 0 Å². The highest BCUT2D eigenvalue weighted by Gasteiger charge is 2.28. The van der Waals surface area contributed by atoms with Gasteiger partial charge in [0.15, 0.2) is 0 Å². The Morgan fingerprint density at radius 2 is 2.00 bits per heavy atom. The van der Waals surface area contributed by atoms with Crippen LogP contribution in [-0.4, -0.2) is 61.2 Å². The van der Waals surface area contributed by atoms with Crippen molar-refractivity contribution in [2.75, 3.05) is 39.3 Å². The fourth-order valence-electron chi connectivity index (χ4n) is 3.30. The van der Waals surface area contributed by atoms with E-state index in [0.717, 1.165) is 24.5 Å². The van der Waals surface area contributed by atoms with Gasteiger partial charge in [-0.25, -0.2) is 0 Å². The van der Waals surface area contributed by atoms with Gasteiger partial charge in [0, 0.05) is 31.7 Å². The molecule has 100 valence electrons. The van der Waals surface area contributed by atoms with Gasteiger partial charge in [0.25, 0.3) is 0 Å². The van der Waals surface area contributed by atoms with E-state index in [-0.39, 0.29) is 0 Å². The van der Waals surface area contributed by atoms with Crippen molar-refractivity contribution in [2.24, 2.45) is 5.92 Å². The normalized spacial score (nSPS) is 31.8. The fourth-order valence-corrected chi connectivity index (χ4v) is 3.30. The topological polar surface area (TPSA) is 18.5 Å². The average molecular weight is 239 g/mol. The summed E-state index contributed by atoms with van der Waals surface area (Å²) in [5.74, 6) is 0.915. The third-order valence-corrected chi connectivity index (χ3v) is 4.33. The molecule has 2 aliphatic rings. The second-order valence-corrected chi connectivity index (χ2v) is 6.05. The third kappa shape index (κ3) is 3.67. The molecule has 3 nitrogen and oxygen atoms in total. The molecule has 0 aromatic carbocycles. The molecule has 0 amide bonds. The zero-order valence-corrected chi connectivity index (χ0v) is 11.8. The van der Waals surface area contributed by atoms with Crippen molar-refractivity contribution in [3.63, 3.8) is 0 Å². The molecule has 0 spiro atoms. The minimum absolute atomic E-state index is 0.730. The van der Waals surface area contributed by atoms with Crippen LogP contribution in [-0.2, 0) is 0 Å². The maximum atomic E-state index is 3.57. The van der Waals surface area contributed by atoms with Crippen molar-refractivity contribution < 1.29 is 0 Å². The minimum Gasteiger partial charge on any atom is -0.313 e. The maximum absolute atomic E-state index is 3.57. The standard InChI is InChI=1S/C14H29N3/c1-4-15-14-6-7-16(11-14)9-13-5-8-17(10-13)12(2)3/h12-15H,4-11H2,1-3H3. The molecule has 0 radical (unpaired) electrons. The summed E-state index contributed by atoms with van der Waals surface area (Å²) >= 11 is 0. The smallest absolute Gasteiger partial charge is 0.0207 e. The first-order chi connectivity index (χ1) is 8.19. The lowest BCUT2D eigenvalue weighted by molar-refractivity contribution is 0.236. The molecule has 2 heterocycles. The Hall–Kier alpha value is -0.120. The van der Waals surface area contributed by atoms with Crippen LogP contribution in [0.25, 0.3) is 0 Å². The molecule has 2 rings (SSSR count). The summed E-state index contributed by atoms with van der Waals surface area (Å²) in [7, 11) is 0. The molecule has 3 heteroatoms. The predicted molar refractivity (Wildman–Crippen MR) is 73.3 cm³/mol. The number of likely N-dealkylation sites (tertiary alicyclic amines) is 2. The molecule has 17 heavy (non-hydrogen) atoms. The lowest BCUT2D eigenvalue weighted by Gasteiger charge is -2.23. The zero-order chi connectivity index (χ0) is 12.3. The highest BCUT2D eigenvalue weighted by atomic mass is 15.2. The van der Waals surface area contributed by atoms with Gasteiger partial charge in [0.2, 0.25) is 0 Å². The monoisotopic (exact) mass is 239 g/mol. The average Bonchev–Trinajstić information content (AvgIpc) is 2.89. The zero-order valence-electron chi connectivity index (χ0n) is 11.8. The number of rotatable bonds is 5. The molecule has 2 unspecified atom stereocenters. The van der Waals surface area contributed by atoms with Gasteiger partial charge >= 0.3 is 0 Å². The summed E-state index contributed by atoms with van der Waals surface area (Å²) in [5.41, 5.74) is 0. The molecule has 0 aromatic rings. The summed E-state index contributed by atoms with van der Waals surface area (Å²) < 4.78 is 0. The maximum Gasteiger partial charge on any atom is 0.0207 e. The lowest BCUT2D eigenvalue weighted by atomic mass is 10.1.